The number of hydrogen-bond acceptors (Lipinski definition) is 6. The van der Waals surface area contributed by atoms with Gasteiger partial charge in [0.1, 0.15) is 0 Å². The fraction of sp³-hybridized carbons (Fsp3) is 0.241. The molecule has 4 aliphatic rings. The highest BCUT2D eigenvalue weighted by Gasteiger charge is 2.57. The number of fused-ring (bicyclic) bond motifs is 3. The maximum atomic E-state index is 14.0. The summed E-state index contributed by atoms with van der Waals surface area (Å²) in [4.78, 5) is 55.8. The van der Waals surface area contributed by atoms with Crippen molar-refractivity contribution >= 4 is 99.4 Å². The van der Waals surface area contributed by atoms with Crippen LogP contribution in [0.1, 0.15) is 24.3 Å². The van der Waals surface area contributed by atoms with Gasteiger partial charge in [0.2, 0.25) is 11.8 Å². The number of carbonyl (C=O) groups is 4. The number of aromatic hydroxyl groups is 1. The van der Waals surface area contributed by atoms with Gasteiger partial charge in [-0.15, -0.1) is 0 Å². The zero-order valence-corrected chi connectivity index (χ0v) is 27.6. The van der Waals surface area contributed by atoms with Crippen LogP contribution >= 0.6 is 70.4 Å². The number of ketones is 2. The monoisotopic (exact) mass is 841 g/mol. The van der Waals surface area contributed by atoms with E-state index in [-0.39, 0.29) is 45.8 Å². The number of carbonyl (C=O) groups excluding carboxylic acids is 4. The predicted octanol–water partition coefficient (Wildman–Crippen LogP) is 6.50. The summed E-state index contributed by atoms with van der Waals surface area (Å²) in [6.07, 6.45) is 3.73. The lowest BCUT2D eigenvalue weighted by molar-refractivity contribution is -0.123. The number of halogens is 4. The molecule has 40 heavy (non-hydrogen) atoms. The molecule has 0 bridgehead atoms. The number of allylic oxidation sites excluding steroid dienone is 6. The van der Waals surface area contributed by atoms with E-state index in [4.69, 9.17) is 4.74 Å². The summed E-state index contributed by atoms with van der Waals surface area (Å²) in [5.41, 5.74) is 2.58. The van der Waals surface area contributed by atoms with E-state index in [1.165, 1.54) is 18.1 Å². The number of anilines is 1. The number of methoxy groups -OCH3 is 1. The Morgan fingerprint density at radius 2 is 1.70 bits per heavy atom. The van der Waals surface area contributed by atoms with Crippen LogP contribution in [0.5, 0.6) is 11.5 Å². The molecule has 0 radical (unpaired) electrons. The first kappa shape index (κ1) is 28.0. The van der Waals surface area contributed by atoms with Gasteiger partial charge < -0.3 is 9.84 Å². The lowest BCUT2D eigenvalue weighted by Crippen LogP contribution is -2.39. The number of ether oxygens (including phenoxy) is 1. The molecule has 204 valence electrons. The van der Waals surface area contributed by atoms with Crippen molar-refractivity contribution in [3.05, 3.63) is 81.8 Å². The van der Waals surface area contributed by atoms with E-state index in [1.807, 2.05) is 18.2 Å². The molecule has 7 nitrogen and oxygen atoms in total. The van der Waals surface area contributed by atoms with Crippen LogP contribution in [0.15, 0.2) is 72.6 Å². The first-order chi connectivity index (χ1) is 19.0. The molecule has 1 fully saturated rings. The van der Waals surface area contributed by atoms with Gasteiger partial charge >= 0.3 is 0 Å². The molecule has 1 N–H and O–H groups in total. The first-order valence-electron chi connectivity index (χ1n) is 12.3. The van der Waals surface area contributed by atoms with E-state index >= 15 is 0 Å². The number of rotatable bonds is 3. The van der Waals surface area contributed by atoms with E-state index in [1.54, 1.807) is 18.2 Å². The second kappa shape index (κ2) is 10.3. The molecule has 11 heteroatoms. The Kier molecular flexibility index (Phi) is 7.24. The Hall–Kier alpha value is -2.09. The summed E-state index contributed by atoms with van der Waals surface area (Å²) >= 11 is 12.4. The van der Waals surface area contributed by atoms with Crippen LogP contribution in [0, 0.1) is 21.3 Å². The van der Waals surface area contributed by atoms with Crippen molar-refractivity contribution in [2.75, 3.05) is 12.0 Å². The molecule has 2 aromatic carbocycles. The molecule has 0 saturated carbocycles. The Morgan fingerprint density at radius 1 is 1.00 bits per heavy atom. The number of nitrogens with zero attached hydrogens (tertiary/aromatic N) is 1. The highest BCUT2D eigenvalue weighted by Crippen LogP contribution is 2.58. The lowest BCUT2D eigenvalue weighted by atomic mass is 9.59. The van der Waals surface area contributed by atoms with Crippen molar-refractivity contribution in [3.8, 4) is 11.5 Å². The van der Waals surface area contributed by atoms with Gasteiger partial charge in [-0.1, -0.05) is 11.6 Å². The minimum absolute atomic E-state index is 0.115. The molecule has 1 heterocycles. The third-order valence-corrected chi connectivity index (χ3v) is 11.6. The highest BCUT2D eigenvalue weighted by atomic mass is 127. The average Bonchev–Trinajstić information content (AvgIpc) is 3.20. The normalized spacial score (nSPS) is 25.9. The van der Waals surface area contributed by atoms with Crippen LogP contribution in [0.4, 0.5) is 5.69 Å². The molecule has 0 unspecified atom stereocenters. The van der Waals surface area contributed by atoms with Crippen molar-refractivity contribution < 1.29 is 29.0 Å². The number of phenolic OH excluding ortho intramolecular Hbond substituents is 1. The molecule has 2 amide bonds. The summed E-state index contributed by atoms with van der Waals surface area (Å²) in [6, 6.07) is 8.85. The van der Waals surface area contributed by atoms with Gasteiger partial charge in [-0.2, -0.15) is 0 Å². The minimum Gasteiger partial charge on any atom is -0.503 e. The van der Waals surface area contributed by atoms with E-state index in [2.05, 4.69) is 70.4 Å². The van der Waals surface area contributed by atoms with Crippen LogP contribution in [-0.4, -0.2) is 35.6 Å². The van der Waals surface area contributed by atoms with Crippen molar-refractivity contribution in [2.45, 2.75) is 18.8 Å². The maximum absolute atomic E-state index is 14.0. The number of Topliss-reactive ketones (excluding diaryl/α,β-unsaturated/α-hetero) is 1. The van der Waals surface area contributed by atoms with Crippen molar-refractivity contribution in [3.63, 3.8) is 0 Å². The number of imide groups is 1. The molecule has 1 saturated heterocycles. The van der Waals surface area contributed by atoms with Crippen molar-refractivity contribution in [1.29, 1.82) is 0 Å². The molecule has 0 spiro atoms. The second-order valence-corrected chi connectivity index (χ2v) is 13.7. The quantitative estimate of drug-likeness (QED) is 0.164. The predicted molar refractivity (Wildman–Crippen MR) is 166 cm³/mol. The minimum atomic E-state index is -0.696. The fourth-order valence-corrected chi connectivity index (χ4v) is 8.15. The third kappa shape index (κ3) is 4.13. The van der Waals surface area contributed by atoms with Crippen LogP contribution in [0.25, 0.3) is 0 Å². The smallest absolute Gasteiger partial charge is 0.238 e. The number of amides is 2. The molecule has 2 aromatic rings. The fourth-order valence-electron chi connectivity index (χ4n) is 6.38. The van der Waals surface area contributed by atoms with Crippen LogP contribution in [0.2, 0.25) is 0 Å². The second-order valence-electron chi connectivity index (χ2n) is 10.0. The summed E-state index contributed by atoms with van der Waals surface area (Å²) < 4.78 is 7.38. The van der Waals surface area contributed by atoms with Crippen molar-refractivity contribution in [1.82, 2.24) is 0 Å². The molecular formula is C29H19Br3INO6. The summed E-state index contributed by atoms with van der Waals surface area (Å²) in [6.45, 7) is 0. The Labute approximate surface area is 268 Å². The molecule has 0 aromatic heterocycles. The van der Waals surface area contributed by atoms with Gasteiger partial charge in [0, 0.05) is 31.2 Å². The van der Waals surface area contributed by atoms with E-state index in [0.29, 0.717) is 37.8 Å². The number of hydrogen-bond donors (Lipinski definition) is 1. The SMILES string of the molecule is COc1cc([C@H]2C3=CC[C@@H]4C(=O)N(c5ccc(I)cc5)C(=O)[C@@H]4[C@@H]3CC3=C2C(=O)C=C(Br)C3=O)c(Br)c(Br)c1O. The number of benzene rings is 2. The standard InChI is InChI=1S/C29H19Br3INO6/c1-40-20-9-16(24(31)25(32)27(20)37)21-13-6-7-14-22(15(13)8-17-23(21)19(35)10-18(30)26(17)36)29(39)34(28(14)38)12-4-2-11(33)3-5-12/h2-6,9-10,14-15,21-22,37H,7-8H2,1H3/t14-,15+,21+,22-/m0/s1. The summed E-state index contributed by atoms with van der Waals surface area (Å²) in [5, 5.41) is 10.6. The van der Waals surface area contributed by atoms with Gasteiger partial charge in [0.05, 0.1) is 33.6 Å². The topological polar surface area (TPSA) is 101 Å². The molecule has 3 aliphatic carbocycles. The largest absolute Gasteiger partial charge is 0.503 e. The van der Waals surface area contributed by atoms with E-state index in [9.17, 15) is 24.3 Å². The molecule has 6 rings (SSSR count). The molecule has 1 aliphatic heterocycles. The van der Waals surface area contributed by atoms with Gasteiger partial charge in [0.25, 0.3) is 0 Å². The van der Waals surface area contributed by atoms with Gasteiger partial charge in [-0.05, 0) is 125 Å². The average molecular weight is 844 g/mol. The van der Waals surface area contributed by atoms with Crippen LogP contribution < -0.4 is 9.64 Å². The maximum Gasteiger partial charge on any atom is 0.238 e. The van der Waals surface area contributed by atoms with Crippen LogP contribution in [-0.2, 0) is 19.2 Å². The Balaban J connectivity index is 1.53. The number of phenols is 1. The Morgan fingerprint density at radius 3 is 2.38 bits per heavy atom. The zero-order valence-electron chi connectivity index (χ0n) is 20.7. The van der Waals surface area contributed by atoms with E-state index in [0.717, 1.165) is 9.14 Å². The lowest BCUT2D eigenvalue weighted by Gasteiger charge is -2.42. The van der Waals surface area contributed by atoms with Crippen molar-refractivity contribution in [2.24, 2.45) is 17.8 Å². The van der Waals surface area contributed by atoms with E-state index < -0.39 is 23.7 Å². The molecule has 4 atom stereocenters. The Bertz CT molecular complexity index is 1640. The van der Waals surface area contributed by atoms with Gasteiger partial charge in [0.15, 0.2) is 23.1 Å². The zero-order chi connectivity index (χ0) is 28.6. The summed E-state index contributed by atoms with van der Waals surface area (Å²) in [5.74, 6) is -3.54. The first-order valence-corrected chi connectivity index (χ1v) is 15.8. The third-order valence-electron chi connectivity index (χ3n) is 8.12. The highest BCUT2D eigenvalue weighted by molar-refractivity contribution is 14.1. The molecular weight excluding hydrogens is 825 g/mol. The van der Waals surface area contributed by atoms with Gasteiger partial charge in [-0.25, -0.2) is 0 Å². The van der Waals surface area contributed by atoms with Crippen LogP contribution in [0.3, 0.4) is 0 Å². The summed E-state index contributed by atoms with van der Waals surface area (Å²) in [7, 11) is 1.43. The van der Waals surface area contributed by atoms with Gasteiger partial charge in [-0.3, -0.25) is 24.1 Å².